The highest BCUT2D eigenvalue weighted by Gasteiger charge is 2.29. The summed E-state index contributed by atoms with van der Waals surface area (Å²) in [5, 5.41) is 5.77. The van der Waals surface area contributed by atoms with Crippen molar-refractivity contribution in [1.29, 1.82) is 0 Å². The molecule has 1 fully saturated rings. The maximum atomic E-state index is 12.4. The van der Waals surface area contributed by atoms with Gasteiger partial charge in [-0.05, 0) is 37.4 Å². The van der Waals surface area contributed by atoms with Crippen LogP contribution in [0.5, 0.6) is 0 Å². The molecule has 3 N–H and O–H groups in total. The molecule has 1 aliphatic heterocycles. The van der Waals surface area contributed by atoms with Crippen LogP contribution in [0.4, 0.5) is 0 Å². The van der Waals surface area contributed by atoms with Gasteiger partial charge >= 0.3 is 0 Å². The molecule has 1 saturated heterocycles. The third kappa shape index (κ3) is 4.69. The van der Waals surface area contributed by atoms with E-state index in [0.717, 1.165) is 25.9 Å². The molecule has 132 valence electrons. The number of hydrogen-bond acceptors (Lipinski definition) is 4. The molecule has 1 aliphatic rings. The zero-order valence-electron chi connectivity index (χ0n) is 13.7. The summed E-state index contributed by atoms with van der Waals surface area (Å²) < 4.78 is 29.0. The van der Waals surface area contributed by atoms with Crippen molar-refractivity contribution in [3.63, 3.8) is 0 Å². The van der Waals surface area contributed by atoms with Gasteiger partial charge in [-0.2, -0.15) is 0 Å². The first-order chi connectivity index (χ1) is 10.3. The van der Waals surface area contributed by atoms with Crippen LogP contribution in [0.2, 0.25) is 0 Å². The lowest BCUT2D eigenvalue weighted by Crippen LogP contribution is -2.42. The first-order valence-electron chi connectivity index (χ1n) is 7.36. The van der Waals surface area contributed by atoms with E-state index < -0.39 is 10.0 Å². The fourth-order valence-electron chi connectivity index (χ4n) is 2.59. The summed E-state index contributed by atoms with van der Waals surface area (Å²) >= 11 is 0. The molecule has 0 bridgehead atoms. The number of nitrogens with one attached hydrogen (secondary N) is 3. The summed E-state index contributed by atoms with van der Waals surface area (Å²) in [6.07, 6.45) is 3.33. The Morgan fingerprint density at radius 1 is 1.39 bits per heavy atom. The van der Waals surface area contributed by atoms with Crippen LogP contribution in [0, 0.1) is 5.41 Å². The second-order valence-electron chi connectivity index (χ2n) is 6.14. The SMILES string of the molecule is CNC(=O)c1cc(S(=O)(=O)NCC2(C)CCNCC2)cn1C.Cl. The minimum Gasteiger partial charge on any atom is -0.354 e. The molecule has 0 unspecified atom stereocenters. The van der Waals surface area contributed by atoms with Crippen LogP contribution in [0.1, 0.15) is 30.3 Å². The van der Waals surface area contributed by atoms with E-state index in [2.05, 4.69) is 22.3 Å². The van der Waals surface area contributed by atoms with Crippen molar-refractivity contribution in [1.82, 2.24) is 19.9 Å². The molecule has 0 aromatic carbocycles. The zero-order chi connectivity index (χ0) is 16.4. The minimum atomic E-state index is -3.61. The predicted molar refractivity (Wildman–Crippen MR) is 91.5 cm³/mol. The summed E-state index contributed by atoms with van der Waals surface area (Å²) in [6, 6.07) is 1.39. The van der Waals surface area contributed by atoms with Gasteiger partial charge in [-0.3, -0.25) is 4.79 Å². The maximum absolute atomic E-state index is 12.4. The predicted octanol–water partition coefficient (Wildman–Crippen LogP) is 0.474. The van der Waals surface area contributed by atoms with E-state index in [0.29, 0.717) is 12.2 Å². The van der Waals surface area contributed by atoms with Gasteiger partial charge in [-0.1, -0.05) is 6.92 Å². The number of rotatable bonds is 5. The Kier molecular flexibility index (Phi) is 6.64. The van der Waals surface area contributed by atoms with Gasteiger partial charge in [0.25, 0.3) is 5.91 Å². The van der Waals surface area contributed by atoms with E-state index in [9.17, 15) is 13.2 Å². The second-order valence-corrected chi connectivity index (χ2v) is 7.90. The zero-order valence-corrected chi connectivity index (χ0v) is 15.3. The van der Waals surface area contributed by atoms with Crippen molar-refractivity contribution in [3.05, 3.63) is 18.0 Å². The summed E-state index contributed by atoms with van der Waals surface area (Å²) in [7, 11) is -0.448. The van der Waals surface area contributed by atoms with Crippen molar-refractivity contribution >= 4 is 28.3 Å². The first-order valence-corrected chi connectivity index (χ1v) is 8.85. The minimum absolute atomic E-state index is 0. The molecular formula is C14H25ClN4O3S. The monoisotopic (exact) mass is 364 g/mol. The molecule has 2 rings (SSSR count). The molecule has 0 aliphatic carbocycles. The molecule has 1 aromatic heterocycles. The molecule has 0 saturated carbocycles. The smallest absolute Gasteiger partial charge is 0.267 e. The topological polar surface area (TPSA) is 92.2 Å². The number of halogens is 1. The van der Waals surface area contributed by atoms with E-state index in [1.807, 2.05) is 0 Å². The van der Waals surface area contributed by atoms with E-state index in [-0.39, 0.29) is 28.6 Å². The molecular weight excluding hydrogens is 340 g/mol. The van der Waals surface area contributed by atoms with Gasteiger partial charge in [0.2, 0.25) is 10.0 Å². The Labute approximate surface area is 143 Å². The molecule has 9 heteroatoms. The fraction of sp³-hybridized carbons (Fsp3) is 0.643. The Morgan fingerprint density at radius 3 is 2.57 bits per heavy atom. The van der Waals surface area contributed by atoms with Crippen LogP contribution < -0.4 is 15.4 Å². The molecule has 1 aromatic rings. The van der Waals surface area contributed by atoms with E-state index in [1.165, 1.54) is 23.9 Å². The number of piperidine rings is 1. The molecule has 1 amide bonds. The number of carbonyl (C=O) groups excluding carboxylic acids is 1. The third-order valence-electron chi connectivity index (χ3n) is 4.25. The summed E-state index contributed by atoms with van der Waals surface area (Å²) in [5.74, 6) is -0.311. The van der Waals surface area contributed by atoms with Crippen LogP contribution in [-0.2, 0) is 17.1 Å². The largest absolute Gasteiger partial charge is 0.354 e. The number of aryl methyl sites for hydroxylation is 1. The average Bonchev–Trinajstić information content (AvgIpc) is 2.88. The number of amides is 1. The van der Waals surface area contributed by atoms with E-state index >= 15 is 0 Å². The maximum Gasteiger partial charge on any atom is 0.267 e. The molecule has 0 radical (unpaired) electrons. The fourth-order valence-corrected chi connectivity index (χ4v) is 3.86. The average molecular weight is 365 g/mol. The Bertz CT molecular complexity index is 651. The Morgan fingerprint density at radius 2 is 2.00 bits per heavy atom. The van der Waals surface area contributed by atoms with Crippen molar-refractivity contribution < 1.29 is 13.2 Å². The van der Waals surface area contributed by atoms with Crippen LogP contribution in [-0.4, -0.2) is 45.6 Å². The van der Waals surface area contributed by atoms with Gasteiger partial charge in [-0.15, -0.1) is 12.4 Å². The number of aromatic nitrogens is 1. The number of hydrogen-bond donors (Lipinski definition) is 3. The molecule has 0 atom stereocenters. The van der Waals surface area contributed by atoms with Gasteiger partial charge in [0.1, 0.15) is 10.6 Å². The van der Waals surface area contributed by atoms with Crippen molar-refractivity contribution in [2.75, 3.05) is 26.7 Å². The van der Waals surface area contributed by atoms with Gasteiger partial charge in [0, 0.05) is 26.8 Å². The van der Waals surface area contributed by atoms with Crippen molar-refractivity contribution in [2.45, 2.75) is 24.7 Å². The Hall–Kier alpha value is -1.09. The van der Waals surface area contributed by atoms with Gasteiger partial charge in [-0.25, -0.2) is 13.1 Å². The van der Waals surface area contributed by atoms with Crippen LogP contribution >= 0.6 is 12.4 Å². The Balaban J connectivity index is 0.00000264. The summed E-state index contributed by atoms with van der Waals surface area (Å²) in [5.41, 5.74) is 0.285. The highest BCUT2D eigenvalue weighted by atomic mass is 35.5. The molecule has 7 nitrogen and oxygen atoms in total. The number of nitrogens with zero attached hydrogens (tertiary/aromatic N) is 1. The van der Waals surface area contributed by atoms with Crippen LogP contribution in [0.25, 0.3) is 0 Å². The van der Waals surface area contributed by atoms with Gasteiger partial charge in [0.15, 0.2) is 0 Å². The molecule has 23 heavy (non-hydrogen) atoms. The van der Waals surface area contributed by atoms with Crippen molar-refractivity contribution in [3.8, 4) is 0 Å². The lowest BCUT2D eigenvalue weighted by atomic mass is 9.81. The van der Waals surface area contributed by atoms with Gasteiger partial charge in [0.05, 0.1) is 0 Å². The summed E-state index contributed by atoms with van der Waals surface area (Å²) in [6.45, 7) is 4.31. The van der Waals surface area contributed by atoms with Crippen LogP contribution in [0.15, 0.2) is 17.2 Å². The lowest BCUT2D eigenvalue weighted by Gasteiger charge is -2.33. The summed E-state index contributed by atoms with van der Waals surface area (Å²) in [4.78, 5) is 11.8. The quantitative estimate of drug-likeness (QED) is 0.708. The number of sulfonamides is 1. The molecule has 2 heterocycles. The van der Waals surface area contributed by atoms with Crippen LogP contribution in [0.3, 0.4) is 0 Å². The van der Waals surface area contributed by atoms with Crippen molar-refractivity contribution in [2.24, 2.45) is 12.5 Å². The lowest BCUT2D eigenvalue weighted by molar-refractivity contribution is 0.0955. The normalized spacial score (nSPS) is 17.3. The third-order valence-corrected chi connectivity index (χ3v) is 5.62. The highest BCUT2D eigenvalue weighted by molar-refractivity contribution is 7.89. The van der Waals surface area contributed by atoms with E-state index in [1.54, 1.807) is 7.05 Å². The standard InChI is InChI=1S/C14H24N4O3S.ClH/c1-14(4-6-16-7-5-14)10-17-22(20,21)11-8-12(13(19)15-2)18(3)9-11;/h8-9,16-17H,4-7,10H2,1-3H3,(H,15,19);1H. The highest BCUT2D eigenvalue weighted by Crippen LogP contribution is 2.27. The van der Waals surface area contributed by atoms with E-state index in [4.69, 9.17) is 0 Å². The van der Waals surface area contributed by atoms with Gasteiger partial charge < -0.3 is 15.2 Å². The number of carbonyl (C=O) groups is 1. The first kappa shape index (κ1) is 20.0. The second kappa shape index (κ2) is 7.65. The molecule has 0 spiro atoms.